The normalized spacial score (nSPS) is 10.7. The van der Waals surface area contributed by atoms with Gasteiger partial charge in [-0.3, -0.25) is 9.59 Å². The Kier molecular flexibility index (Phi) is 7.03. The molecule has 0 unspecified atom stereocenters. The highest BCUT2D eigenvalue weighted by molar-refractivity contribution is 7.15. The SMILES string of the molecule is CCOc1ccc(/C=N\NC(=O)Cc2nnc(NC(=O)CC)s2)cc1O. The van der Waals surface area contributed by atoms with Gasteiger partial charge in [-0.25, -0.2) is 5.43 Å². The fraction of sp³-hybridized carbons (Fsp3) is 0.312. The second-order valence-electron chi connectivity index (χ2n) is 5.03. The van der Waals surface area contributed by atoms with Crippen LogP contribution >= 0.6 is 11.3 Å². The minimum absolute atomic E-state index is 0.00218. The molecule has 10 heteroatoms. The number of hydrogen-bond acceptors (Lipinski definition) is 8. The van der Waals surface area contributed by atoms with Crippen LogP contribution in [0.3, 0.4) is 0 Å². The molecule has 0 fully saturated rings. The standard InChI is InChI=1S/C16H19N5O4S/c1-3-13(23)18-16-21-20-15(26-16)8-14(24)19-17-9-10-5-6-12(25-4-2)11(22)7-10/h5-7,9,22H,3-4,8H2,1-2H3,(H,19,24)(H,18,21,23)/b17-9-. The van der Waals surface area contributed by atoms with Crippen molar-refractivity contribution in [3.63, 3.8) is 0 Å². The van der Waals surface area contributed by atoms with Crippen LogP contribution < -0.4 is 15.5 Å². The summed E-state index contributed by atoms with van der Waals surface area (Å²) < 4.78 is 5.23. The molecule has 0 saturated heterocycles. The van der Waals surface area contributed by atoms with Gasteiger partial charge in [-0.1, -0.05) is 18.3 Å². The molecule has 138 valence electrons. The van der Waals surface area contributed by atoms with E-state index in [4.69, 9.17) is 4.74 Å². The van der Waals surface area contributed by atoms with Crippen LogP contribution in [-0.4, -0.2) is 39.9 Å². The van der Waals surface area contributed by atoms with Crippen LogP contribution in [0.2, 0.25) is 0 Å². The molecule has 0 atom stereocenters. The third-order valence-corrected chi connectivity index (χ3v) is 3.87. The van der Waals surface area contributed by atoms with Crippen LogP contribution in [0.25, 0.3) is 0 Å². The fourth-order valence-electron chi connectivity index (χ4n) is 1.83. The number of aromatic hydroxyl groups is 1. The molecule has 2 aromatic rings. The number of hydrazone groups is 1. The monoisotopic (exact) mass is 377 g/mol. The van der Waals surface area contributed by atoms with Gasteiger partial charge >= 0.3 is 0 Å². The van der Waals surface area contributed by atoms with Crippen molar-refractivity contribution in [3.05, 3.63) is 28.8 Å². The van der Waals surface area contributed by atoms with Gasteiger partial charge in [0.05, 0.1) is 19.2 Å². The Labute approximate surface area is 154 Å². The zero-order valence-corrected chi connectivity index (χ0v) is 15.2. The van der Waals surface area contributed by atoms with E-state index < -0.39 is 0 Å². The summed E-state index contributed by atoms with van der Waals surface area (Å²) in [5, 5.41) is 24.7. The van der Waals surface area contributed by atoms with E-state index in [2.05, 4.69) is 26.0 Å². The first-order valence-corrected chi connectivity index (χ1v) is 8.73. The maximum atomic E-state index is 11.9. The van der Waals surface area contributed by atoms with Gasteiger partial charge in [-0.2, -0.15) is 5.10 Å². The van der Waals surface area contributed by atoms with Crippen molar-refractivity contribution < 1.29 is 19.4 Å². The van der Waals surface area contributed by atoms with Gasteiger partial charge in [-0.05, 0) is 30.7 Å². The second kappa shape index (κ2) is 9.47. The van der Waals surface area contributed by atoms with Gasteiger partial charge in [0.15, 0.2) is 11.5 Å². The topological polar surface area (TPSA) is 126 Å². The number of benzene rings is 1. The first kappa shape index (κ1) is 19.3. The van der Waals surface area contributed by atoms with Crippen molar-refractivity contribution in [2.45, 2.75) is 26.7 Å². The number of rotatable bonds is 8. The van der Waals surface area contributed by atoms with E-state index >= 15 is 0 Å². The van der Waals surface area contributed by atoms with E-state index in [1.807, 2.05) is 6.92 Å². The molecule has 1 aromatic carbocycles. The Balaban J connectivity index is 1.85. The summed E-state index contributed by atoms with van der Waals surface area (Å²) >= 11 is 1.13. The van der Waals surface area contributed by atoms with Crippen molar-refractivity contribution in [2.75, 3.05) is 11.9 Å². The quantitative estimate of drug-likeness (QED) is 0.475. The Hall–Kier alpha value is -3.01. The van der Waals surface area contributed by atoms with E-state index in [1.54, 1.807) is 19.1 Å². The van der Waals surface area contributed by atoms with Crippen molar-refractivity contribution >= 4 is 34.5 Å². The van der Waals surface area contributed by atoms with E-state index in [9.17, 15) is 14.7 Å². The zero-order chi connectivity index (χ0) is 18.9. The minimum atomic E-state index is -0.374. The summed E-state index contributed by atoms with van der Waals surface area (Å²) in [4.78, 5) is 23.1. The van der Waals surface area contributed by atoms with E-state index in [0.717, 1.165) is 11.3 Å². The summed E-state index contributed by atoms with van der Waals surface area (Å²) in [5.41, 5.74) is 2.97. The molecule has 2 rings (SSSR count). The first-order chi connectivity index (χ1) is 12.5. The number of nitrogens with one attached hydrogen (secondary N) is 2. The molecule has 0 bridgehead atoms. The van der Waals surface area contributed by atoms with Crippen LogP contribution in [0, 0.1) is 0 Å². The molecule has 0 spiro atoms. The highest BCUT2D eigenvalue weighted by atomic mass is 32.1. The highest BCUT2D eigenvalue weighted by Gasteiger charge is 2.10. The van der Waals surface area contributed by atoms with Crippen LogP contribution in [-0.2, 0) is 16.0 Å². The van der Waals surface area contributed by atoms with Gasteiger partial charge in [-0.15, -0.1) is 10.2 Å². The van der Waals surface area contributed by atoms with Gasteiger partial charge in [0.25, 0.3) is 0 Å². The lowest BCUT2D eigenvalue weighted by Gasteiger charge is -2.05. The van der Waals surface area contributed by atoms with E-state index in [1.165, 1.54) is 12.3 Å². The summed E-state index contributed by atoms with van der Waals surface area (Å²) in [6, 6.07) is 4.80. The Morgan fingerprint density at radius 3 is 2.81 bits per heavy atom. The Morgan fingerprint density at radius 1 is 1.31 bits per heavy atom. The molecule has 26 heavy (non-hydrogen) atoms. The Morgan fingerprint density at radius 2 is 2.12 bits per heavy atom. The van der Waals surface area contributed by atoms with Gasteiger partial charge < -0.3 is 15.2 Å². The molecule has 9 nitrogen and oxygen atoms in total. The lowest BCUT2D eigenvalue weighted by atomic mass is 10.2. The number of hydrogen-bond donors (Lipinski definition) is 3. The largest absolute Gasteiger partial charge is 0.504 e. The zero-order valence-electron chi connectivity index (χ0n) is 14.4. The molecular weight excluding hydrogens is 358 g/mol. The molecule has 0 aliphatic rings. The molecule has 0 aliphatic heterocycles. The molecular formula is C16H19N5O4S. The predicted molar refractivity (Wildman–Crippen MR) is 97.5 cm³/mol. The summed E-state index contributed by atoms with van der Waals surface area (Å²) in [5.74, 6) is -0.158. The number of carbonyl (C=O) groups is 2. The second-order valence-corrected chi connectivity index (χ2v) is 6.09. The number of aromatic nitrogens is 2. The summed E-state index contributed by atoms with van der Waals surface area (Å²) in [6.07, 6.45) is 1.73. The number of anilines is 1. The molecule has 2 amide bonds. The van der Waals surface area contributed by atoms with Crippen molar-refractivity contribution in [3.8, 4) is 11.5 Å². The van der Waals surface area contributed by atoms with Crippen LogP contribution in [0.1, 0.15) is 30.8 Å². The fourth-order valence-corrected chi connectivity index (χ4v) is 2.59. The number of phenols is 1. The predicted octanol–water partition coefficient (Wildman–Crippen LogP) is 1.68. The molecule has 1 heterocycles. The maximum Gasteiger partial charge on any atom is 0.247 e. The third-order valence-electron chi connectivity index (χ3n) is 3.03. The number of ether oxygens (including phenoxy) is 1. The molecule has 1 aromatic heterocycles. The lowest BCUT2D eigenvalue weighted by molar-refractivity contribution is -0.120. The minimum Gasteiger partial charge on any atom is -0.504 e. The van der Waals surface area contributed by atoms with Gasteiger partial charge in [0.1, 0.15) is 5.01 Å². The number of amides is 2. The number of nitrogens with zero attached hydrogens (tertiary/aromatic N) is 3. The lowest BCUT2D eigenvalue weighted by Crippen LogP contribution is -2.19. The van der Waals surface area contributed by atoms with Gasteiger partial charge in [0, 0.05) is 6.42 Å². The third kappa shape index (κ3) is 5.81. The molecule has 0 radical (unpaired) electrons. The number of phenolic OH excluding ortho intramolecular Hbond substituents is 1. The average molecular weight is 377 g/mol. The van der Waals surface area contributed by atoms with Crippen LogP contribution in [0.15, 0.2) is 23.3 Å². The van der Waals surface area contributed by atoms with Crippen molar-refractivity contribution in [1.82, 2.24) is 15.6 Å². The average Bonchev–Trinajstić information content (AvgIpc) is 3.04. The van der Waals surface area contributed by atoms with Gasteiger partial charge in [0.2, 0.25) is 16.9 Å². The molecule has 0 saturated carbocycles. The first-order valence-electron chi connectivity index (χ1n) is 7.91. The van der Waals surface area contributed by atoms with Crippen molar-refractivity contribution in [2.24, 2.45) is 5.10 Å². The highest BCUT2D eigenvalue weighted by Crippen LogP contribution is 2.26. The number of carbonyl (C=O) groups excluding carboxylic acids is 2. The van der Waals surface area contributed by atoms with E-state index in [-0.39, 0.29) is 24.0 Å². The maximum absolute atomic E-state index is 11.9. The van der Waals surface area contributed by atoms with Crippen LogP contribution in [0.4, 0.5) is 5.13 Å². The summed E-state index contributed by atoms with van der Waals surface area (Å²) in [7, 11) is 0. The molecule has 0 aliphatic carbocycles. The Bertz CT molecular complexity index is 806. The molecule has 3 N–H and O–H groups in total. The van der Waals surface area contributed by atoms with Crippen LogP contribution in [0.5, 0.6) is 11.5 Å². The van der Waals surface area contributed by atoms with E-state index in [0.29, 0.717) is 34.5 Å². The van der Waals surface area contributed by atoms with Crippen molar-refractivity contribution in [1.29, 1.82) is 0 Å². The summed E-state index contributed by atoms with van der Waals surface area (Å²) in [6.45, 7) is 4.00. The smallest absolute Gasteiger partial charge is 0.247 e.